The van der Waals surface area contributed by atoms with E-state index in [0.717, 1.165) is 28.3 Å². The van der Waals surface area contributed by atoms with Crippen molar-refractivity contribution < 1.29 is 0 Å². The molecule has 0 atom stereocenters. The summed E-state index contributed by atoms with van der Waals surface area (Å²) in [7, 11) is 0. The minimum atomic E-state index is 0.729. The molecule has 0 fully saturated rings. The van der Waals surface area contributed by atoms with E-state index in [9.17, 15) is 0 Å². The van der Waals surface area contributed by atoms with Gasteiger partial charge in [0.05, 0.1) is 11.9 Å². The maximum Gasteiger partial charge on any atom is 0.137 e. The number of benzene rings is 1. The molecular formula is C14H12N4. The fourth-order valence-electron chi connectivity index (χ4n) is 1.82. The van der Waals surface area contributed by atoms with Gasteiger partial charge < -0.3 is 10.7 Å². The molecule has 0 saturated heterocycles. The van der Waals surface area contributed by atoms with Crippen LogP contribution >= 0.6 is 0 Å². The number of nitrogens with two attached hydrogens (primary N) is 1. The van der Waals surface area contributed by atoms with Crippen molar-refractivity contribution in [2.75, 3.05) is 5.73 Å². The lowest BCUT2D eigenvalue weighted by atomic mass is 10.2. The van der Waals surface area contributed by atoms with Crippen molar-refractivity contribution in [3.05, 3.63) is 55.0 Å². The van der Waals surface area contributed by atoms with E-state index < -0.39 is 0 Å². The molecule has 0 aliphatic heterocycles. The fourth-order valence-corrected chi connectivity index (χ4v) is 1.82. The lowest BCUT2D eigenvalue weighted by molar-refractivity contribution is 1.29. The Bertz CT molecular complexity index is 658. The second kappa shape index (κ2) is 4.33. The van der Waals surface area contributed by atoms with Crippen LogP contribution in [0.3, 0.4) is 0 Å². The number of nitrogen functional groups attached to an aromatic ring is 1. The van der Waals surface area contributed by atoms with Crippen molar-refractivity contribution in [2.24, 2.45) is 0 Å². The Morgan fingerprint density at radius 3 is 2.67 bits per heavy atom. The molecule has 0 amide bonds. The zero-order valence-electron chi connectivity index (χ0n) is 9.67. The normalized spacial score (nSPS) is 10.4. The SMILES string of the molecule is Nc1cccc(-c2ncc(-c3cccnc3)[nH]2)c1. The minimum absolute atomic E-state index is 0.729. The number of aromatic nitrogens is 3. The first kappa shape index (κ1) is 10.5. The van der Waals surface area contributed by atoms with Crippen LogP contribution in [0.2, 0.25) is 0 Å². The van der Waals surface area contributed by atoms with Crippen LogP contribution < -0.4 is 5.73 Å². The second-order valence-corrected chi connectivity index (χ2v) is 4.01. The first-order valence-electron chi connectivity index (χ1n) is 5.64. The summed E-state index contributed by atoms with van der Waals surface area (Å²) in [6, 6.07) is 11.5. The summed E-state index contributed by atoms with van der Waals surface area (Å²) in [5, 5.41) is 0. The number of rotatable bonds is 2. The van der Waals surface area contributed by atoms with Gasteiger partial charge in [0, 0.05) is 29.2 Å². The van der Waals surface area contributed by atoms with E-state index >= 15 is 0 Å². The lowest BCUT2D eigenvalue weighted by Crippen LogP contribution is -1.86. The van der Waals surface area contributed by atoms with Crippen molar-refractivity contribution in [1.82, 2.24) is 15.0 Å². The van der Waals surface area contributed by atoms with Gasteiger partial charge in [0.1, 0.15) is 5.82 Å². The minimum Gasteiger partial charge on any atom is -0.399 e. The van der Waals surface area contributed by atoms with Crippen LogP contribution in [0.15, 0.2) is 55.0 Å². The highest BCUT2D eigenvalue weighted by atomic mass is 14.9. The Morgan fingerprint density at radius 1 is 1.00 bits per heavy atom. The molecule has 0 unspecified atom stereocenters. The molecule has 0 aliphatic carbocycles. The largest absolute Gasteiger partial charge is 0.399 e. The van der Waals surface area contributed by atoms with Gasteiger partial charge >= 0.3 is 0 Å². The van der Waals surface area contributed by atoms with Crippen molar-refractivity contribution >= 4 is 5.69 Å². The molecule has 0 saturated carbocycles. The van der Waals surface area contributed by atoms with E-state index in [4.69, 9.17) is 5.73 Å². The molecule has 0 aliphatic rings. The van der Waals surface area contributed by atoms with Crippen LogP contribution in [-0.4, -0.2) is 15.0 Å². The molecule has 2 aromatic heterocycles. The summed E-state index contributed by atoms with van der Waals surface area (Å²) < 4.78 is 0. The standard InChI is InChI=1S/C14H12N4/c15-12-5-1-3-10(7-12)14-17-9-13(18-14)11-4-2-6-16-8-11/h1-9H,15H2,(H,17,18). The second-order valence-electron chi connectivity index (χ2n) is 4.01. The third-order valence-electron chi connectivity index (χ3n) is 2.71. The van der Waals surface area contributed by atoms with Gasteiger partial charge in [-0.1, -0.05) is 12.1 Å². The van der Waals surface area contributed by atoms with Crippen LogP contribution in [0.4, 0.5) is 5.69 Å². The van der Waals surface area contributed by atoms with Gasteiger partial charge in [-0.25, -0.2) is 4.98 Å². The number of H-pyrrole nitrogens is 1. The van der Waals surface area contributed by atoms with Crippen LogP contribution in [0.25, 0.3) is 22.6 Å². The number of aromatic amines is 1. The van der Waals surface area contributed by atoms with E-state index in [1.807, 2.05) is 36.4 Å². The Kier molecular flexibility index (Phi) is 2.53. The van der Waals surface area contributed by atoms with Crippen LogP contribution in [0.1, 0.15) is 0 Å². The Labute approximate surface area is 105 Å². The van der Waals surface area contributed by atoms with Gasteiger partial charge in [0.15, 0.2) is 0 Å². The van der Waals surface area contributed by atoms with Crippen molar-refractivity contribution in [2.45, 2.75) is 0 Å². The summed E-state index contributed by atoms with van der Waals surface area (Å²) in [5.41, 5.74) is 9.43. The number of imidazole rings is 1. The van der Waals surface area contributed by atoms with Crippen LogP contribution in [0, 0.1) is 0 Å². The predicted molar refractivity (Wildman–Crippen MR) is 71.7 cm³/mol. The quantitative estimate of drug-likeness (QED) is 0.672. The third kappa shape index (κ3) is 1.96. The molecule has 4 nitrogen and oxygen atoms in total. The van der Waals surface area contributed by atoms with Gasteiger partial charge in [-0.05, 0) is 24.3 Å². The molecule has 3 aromatic rings. The summed E-state index contributed by atoms with van der Waals surface area (Å²) in [6.45, 7) is 0. The summed E-state index contributed by atoms with van der Waals surface area (Å²) in [4.78, 5) is 11.7. The summed E-state index contributed by atoms with van der Waals surface area (Å²) in [6.07, 6.45) is 5.35. The molecule has 1 aromatic carbocycles. The number of hydrogen-bond donors (Lipinski definition) is 2. The molecule has 2 heterocycles. The fraction of sp³-hybridized carbons (Fsp3) is 0. The number of anilines is 1. The van der Waals surface area contributed by atoms with Gasteiger partial charge in [-0.2, -0.15) is 0 Å². The van der Waals surface area contributed by atoms with Crippen LogP contribution in [0.5, 0.6) is 0 Å². The zero-order chi connectivity index (χ0) is 12.4. The Hall–Kier alpha value is -2.62. The number of pyridine rings is 1. The number of nitrogens with one attached hydrogen (secondary N) is 1. The summed E-state index contributed by atoms with van der Waals surface area (Å²) >= 11 is 0. The van der Waals surface area contributed by atoms with Gasteiger partial charge in [-0.15, -0.1) is 0 Å². The van der Waals surface area contributed by atoms with E-state index in [1.165, 1.54) is 0 Å². The highest BCUT2D eigenvalue weighted by Gasteiger charge is 2.05. The van der Waals surface area contributed by atoms with E-state index in [-0.39, 0.29) is 0 Å². The molecule has 3 rings (SSSR count). The molecule has 0 spiro atoms. The molecule has 4 heteroatoms. The zero-order valence-corrected chi connectivity index (χ0v) is 9.67. The maximum absolute atomic E-state index is 5.76. The third-order valence-corrected chi connectivity index (χ3v) is 2.71. The van der Waals surface area contributed by atoms with Gasteiger partial charge in [0.25, 0.3) is 0 Å². The molecule has 0 radical (unpaired) electrons. The Morgan fingerprint density at radius 2 is 1.89 bits per heavy atom. The van der Waals surface area contributed by atoms with E-state index in [1.54, 1.807) is 18.6 Å². The number of hydrogen-bond acceptors (Lipinski definition) is 3. The average molecular weight is 236 g/mol. The molecular weight excluding hydrogens is 224 g/mol. The van der Waals surface area contributed by atoms with Crippen molar-refractivity contribution in [3.8, 4) is 22.6 Å². The van der Waals surface area contributed by atoms with Gasteiger partial charge in [0.2, 0.25) is 0 Å². The van der Waals surface area contributed by atoms with Crippen LogP contribution in [-0.2, 0) is 0 Å². The van der Waals surface area contributed by atoms with Crippen molar-refractivity contribution in [3.63, 3.8) is 0 Å². The van der Waals surface area contributed by atoms with Gasteiger partial charge in [-0.3, -0.25) is 4.98 Å². The van der Waals surface area contributed by atoms with Crippen molar-refractivity contribution in [1.29, 1.82) is 0 Å². The smallest absolute Gasteiger partial charge is 0.137 e. The average Bonchev–Trinajstić information content (AvgIpc) is 2.89. The Balaban J connectivity index is 2.00. The van der Waals surface area contributed by atoms with E-state index in [0.29, 0.717) is 0 Å². The maximum atomic E-state index is 5.76. The number of nitrogens with zero attached hydrogens (tertiary/aromatic N) is 2. The molecule has 18 heavy (non-hydrogen) atoms. The molecule has 88 valence electrons. The summed E-state index contributed by atoms with van der Waals surface area (Å²) in [5.74, 6) is 0.807. The molecule has 0 bridgehead atoms. The highest BCUT2D eigenvalue weighted by Crippen LogP contribution is 2.22. The monoisotopic (exact) mass is 236 g/mol. The first-order valence-corrected chi connectivity index (χ1v) is 5.64. The van der Waals surface area contributed by atoms with E-state index in [2.05, 4.69) is 15.0 Å². The lowest BCUT2D eigenvalue weighted by Gasteiger charge is -1.98. The predicted octanol–water partition coefficient (Wildman–Crippen LogP) is 2.72. The highest BCUT2D eigenvalue weighted by molar-refractivity contribution is 5.65. The molecule has 3 N–H and O–H groups in total. The topological polar surface area (TPSA) is 67.6 Å². The first-order chi connectivity index (χ1) is 8.83.